The molecule has 1 N–H and O–H groups in total. The third-order valence-corrected chi connectivity index (χ3v) is 3.82. The van der Waals surface area contributed by atoms with Crippen molar-refractivity contribution in [2.75, 3.05) is 6.61 Å². The Morgan fingerprint density at radius 2 is 1.72 bits per heavy atom. The summed E-state index contributed by atoms with van der Waals surface area (Å²) in [6.07, 6.45) is 1.73. The highest BCUT2D eigenvalue weighted by Crippen LogP contribution is 2.21. The van der Waals surface area contributed by atoms with E-state index in [2.05, 4.69) is 10.3 Å². The Bertz CT molecular complexity index is 763. The van der Waals surface area contributed by atoms with Gasteiger partial charge >= 0.3 is 0 Å². The highest BCUT2D eigenvalue weighted by Gasteiger charge is 2.18. The van der Waals surface area contributed by atoms with Crippen molar-refractivity contribution in [1.29, 1.82) is 0 Å². The van der Waals surface area contributed by atoms with Crippen molar-refractivity contribution in [3.05, 3.63) is 95.8 Å². The van der Waals surface area contributed by atoms with Gasteiger partial charge in [-0.05, 0) is 48.9 Å². The predicted molar refractivity (Wildman–Crippen MR) is 97.6 cm³/mol. The van der Waals surface area contributed by atoms with Crippen LogP contribution in [0.25, 0.3) is 0 Å². The Hall–Kier alpha value is -3.14. The molecular formula is C21H20N2O2. The number of pyridine rings is 1. The fraction of sp³-hybridized carbons (Fsp3) is 0.143. The molecule has 1 unspecified atom stereocenters. The highest BCUT2D eigenvalue weighted by atomic mass is 16.5. The number of ether oxygens (including phenoxy) is 1. The third kappa shape index (κ3) is 4.23. The van der Waals surface area contributed by atoms with E-state index in [0.29, 0.717) is 12.2 Å². The van der Waals surface area contributed by atoms with Gasteiger partial charge in [0, 0.05) is 11.8 Å². The molecule has 0 fully saturated rings. The second kappa shape index (κ2) is 8.11. The Balaban J connectivity index is 1.84. The summed E-state index contributed by atoms with van der Waals surface area (Å²) in [5.74, 6) is 0.603. The highest BCUT2D eigenvalue weighted by molar-refractivity contribution is 5.94. The van der Waals surface area contributed by atoms with Gasteiger partial charge in [-0.3, -0.25) is 9.78 Å². The minimum Gasteiger partial charge on any atom is -0.494 e. The third-order valence-electron chi connectivity index (χ3n) is 3.82. The van der Waals surface area contributed by atoms with Gasteiger partial charge in [0.25, 0.3) is 5.91 Å². The van der Waals surface area contributed by atoms with Crippen molar-refractivity contribution in [2.24, 2.45) is 0 Å². The molecule has 1 atom stereocenters. The average Bonchev–Trinajstić information content (AvgIpc) is 2.68. The molecule has 2 aromatic carbocycles. The summed E-state index contributed by atoms with van der Waals surface area (Å²) in [7, 11) is 0. The summed E-state index contributed by atoms with van der Waals surface area (Å²) in [5, 5.41) is 3.08. The van der Waals surface area contributed by atoms with E-state index < -0.39 is 0 Å². The van der Waals surface area contributed by atoms with Gasteiger partial charge in [-0.15, -0.1) is 0 Å². The van der Waals surface area contributed by atoms with E-state index in [9.17, 15) is 4.79 Å². The molecular weight excluding hydrogens is 312 g/mol. The zero-order valence-electron chi connectivity index (χ0n) is 14.1. The molecule has 0 saturated carbocycles. The molecule has 0 saturated heterocycles. The number of aromatic nitrogens is 1. The van der Waals surface area contributed by atoms with Crippen LogP contribution in [0.1, 0.15) is 34.6 Å². The molecule has 1 aromatic heterocycles. The molecule has 0 bridgehead atoms. The Morgan fingerprint density at radius 1 is 1.00 bits per heavy atom. The van der Waals surface area contributed by atoms with Gasteiger partial charge < -0.3 is 10.1 Å². The molecule has 3 rings (SSSR count). The van der Waals surface area contributed by atoms with Crippen LogP contribution in [0, 0.1) is 0 Å². The molecule has 0 aliphatic heterocycles. The van der Waals surface area contributed by atoms with Gasteiger partial charge in [-0.25, -0.2) is 0 Å². The molecule has 0 aliphatic carbocycles. The van der Waals surface area contributed by atoms with Gasteiger partial charge in [0.2, 0.25) is 0 Å². The smallest absolute Gasteiger partial charge is 0.252 e. The van der Waals surface area contributed by atoms with Gasteiger partial charge in [0.1, 0.15) is 5.75 Å². The molecule has 0 radical (unpaired) electrons. The molecule has 4 nitrogen and oxygen atoms in total. The number of benzene rings is 2. The van der Waals surface area contributed by atoms with Crippen LogP contribution in [0.4, 0.5) is 0 Å². The van der Waals surface area contributed by atoms with Gasteiger partial charge in [-0.2, -0.15) is 0 Å². The van der Waals surface area contributed by atoms with Crippen LogP contribution in [0.5, 0.6) is 5.75 Å². The van der Waals surface area contributed by atoms with Crippen molar-refractivity contribution in [3.8, 4) is 5.75 Å². The number of hydrogen-bond donors (Lipinski definition) is 1. The van der Waals surface area contributed by atoms with E-state index >= 15 is 0 Å². The number of hydrogen-bond acceptors (Lipinski definition) is 3. The lowest BCUT2D eigenvalue weighted by Crippen LogP contribution is -2.29. The van der Waals surface area contributed by atoms with Crippen LogP contribution < -0.4 is 10.1 Å². The SMILES string of the molecule is CCOc1ccc(C(=O)NC(c2ccccc2)c2ccccn2)cc1. The first kappa shape index (κ1) is 16.7. The number of amides is 1. The van der Waals surface area contributed by atoms with Crippen LogP contribution in [0.2, 0.25) is 0 Å². The molecule has 0 spiro atoms. The number of rotatable bonds is 6. The van der Waals surface area contributed by atoms with Crippen molar-refractivity contribution in [1.82, 2.24) is 10.3 Å². The summed E-state index contributed by atoms with van der Waals surface area (Å²) < 4.78 is 5.42. The van der Waals surface area contributed by atoms with E-state index in [1.807, 2.05) is 55.5 Å². The van der Waals surface area contributed by atoms with Gasteiger partial charge in [0.15, 0.2) is 0 Å². The van der Waals surface area contributed by atoms with Crippen molar-refractivity contribution in [3.63, 3.8) is 0 Å². The first-order valence-corrected chi connectivity index (χ1v) is 8.27. The maximum atomic E-state index is 12.7. The second-order valence-corrected chi connectivity index (χ2v) is 5.53. The largest absolute Gasteiger partial charge is 0.494 e. The number of nitrogens with one attached hydrogen (secondary N) is 1. The maximum Gasteiger partial charge on any atom is 0.252 e. The predicted octanol–water partition coefficient (Wildman–Crippen LogP) is 4.00. The van der Waals surface area contributed by atoms with E-state index in [1.54, 1.807) is 30.5 Å². The quantitative estimate of drug-likeness (QED) is 0.742. The summed E-state index contributed by atoms with van der Waals surface area (Å²) in [6.45, 7) is 2.53. The monoisotopic (exact) mass is 332 g/mol. The van der Waals surface area contributed by atoms with Crippen molar-refractivity contribution < 1.29 is 9.53 Å². The summed E-state index contributed by atoms with van der Waals surface area (Å²) in [4.78, 5) is 17.1. The summed E-state index contributed by atoms with van der Waals surface area (Å²) in [6, 6.07) is 22.3. The van der Waals surface area contributed by atoms with Crippen LogP contribution >= 0.6 is 0 Å². The number of carbonyl (C=O) groups excluding carboxylic acids is 1. The Labute approximate surface area is 147 Å². The lowest BCUT2D eigenvalue weighted by molar-refractivity contribution is 0.0942. The molecule has 0 aliphatic rings. The minimum absolute atomic E-state index is 0.150. The van der Waals surface area contributed by atoms with Crippen molar-refractivity contribution in [2.45, 2.75) is 13.0 Å². The molecule has 1 amide bonds. The standard InChI is InChI=1S/C21H20N2O2/c1-2-25-18-13-11-17(12-14-18)21(24)23-20(16-8-4-3-5-9-16)19-10-6-7-15-22-19/h3-15,20H,2H2,1H3,(H,23,24). The van der Waals surface area contributed by atoms with E-state index in [1.165, 1.54) is 0 Å². The summed E-state index contributed by atoms with van der Waals surface area (Å²) >= 11 is 0. The first-order chi connectivity index (χ1) is 12.3. The van der Waals surface area contributed by atoms with Crippen LogP contribution in [-0.2, 0) is 0 Å². The topological polar surface area (TPSA) is 51.2 Å². The van der Waals surface area contributed by atoms with E-state index in [4.69, 9.17) is 4.74 Å². The average molecular weight is 332 g/mol. The second-order valence-electron chi connectivity index (χ2n) is 5.53. The molecule has 1 heterocycles. The summed E-state index contributed by atoms with van der Waals surface area (Å²) in [5.41, 5.74) is 2.37. The lowest BCUT2D eigenvalue weighted by atomic mass is 10.0. The molecule has 4 heteroatoms. The van der Waals surface area contributed by atoms with E-state index in [0.717, 1.165) is 17.0 Å². The van der Waals surface area contributed by atoms with Crippen LogP contribution in [0.3, 0.4) is 0 Å². The fourth-order valence-corrected chi connectivity index (χ4v) is 2.60. The number of nitrogens with zero attached hydrogens (tertiary/aromatic N) is 1. The van der Waals surface area contributed by atoms with Crippen LogP contribution in [0.15, 0.2) is 79.0 Å². The Kier molecular flexibility index (Phi) is 5.42. The van der Waals surface area contributed by atoms with Crippen LogP contribution in [-0.4, -0.2) is 17.5 Å². The molecule has 25 heavy (non-hydrogen) atoms. The lowest BCUT2D eigenvalue weighted by Gasteiger charge is -2.19. The van der Waals surface area contributed by atoms with Gasteiger partial charge in [0.05, 0.1) is 18.3 Å². The number of carbonyl (C=O) groups is 1. The first-order valence-electron chi connectivity index (χ1n) is 8.27. The zero-order chi connectivity index (χ0) is 17.5. The normalized spacial score (nSPS) is 11.6. The Morgan fingerprint density at radius 3 is 2.36 bits per heavy atom. The van der Waals surface area contributed by atoms with Gasteiger partial charge in [-0.1, -0.05) is 36.4 Å². The van der Waals surface area contributed by atoms with E-state index in [-0.39, 0.29) is 11.9 Å². The maximum absolute atomic E-state index is 12.7. The molecule has 126 valence electrons. The molecule has 3 aromatic rings. The zero-order valence-corrected chi connectivity index (χ0v) is 14.1. The fourth-order valence-electron chi connectivity index (χ4n) is 2.60. The van der Waals surface area contributed by atoms with Crippen molar-refractivity contribution >= 4 is 5.91 Å². The minimum atomic E-state index is -0.304.